The molecule has 6 heteroatoms. The first-order valence-electron chi connectivity index (χ1n) is 7.27. The van der Waals surface area contributed by atoms with Crippen LogP contribution in [0.4, 0.5) is 5.69 Å². The minimum Gasteiger partial charge on any atom is -0.545 e. The van der Waals surface area contributed by atoms with Crippen molar-refractivity contribution in [3.05, 3.63) is 59.7 Å². The monoisotopic (exact) mass is 332 g/mol. The first-order chi connectivity index (χ1) is 10.8. The van der Waals surface area contributed by atoms with Gasteiger partial charge in [-0.05, 0) is 47.7 Å². The summed E-state index contributed by atoms with van der Waals surface area (Å²) in [5.74, 6) is -0.997. The fraction of sp³-hybridized carbons (Fsp3) is 0.235. The van der Waals surface area contributed by atoms with Crippen molar-refractivity contribution in [2.75, 3.05) is 4.72 Å². The molecule has 2 aromatic rings. The molecule has 0 fully saturated rings. The Kier molecular flexibility index (Phi) is 5.05. The molecule has 0 saturated carbocycles. The van der Waals surface area contributed by atoms with Gasteiger partial charge in [-0.2, -0.15) is 0 Å². The molecule has 0 spiro atoms. The molecule has 0 aliphatic rings. The molecule has 2 aromatic carbocycles. The maximum Gasteiger partial charge on any atom is 0.261 e. The lowest BCUT2D eigenvalue weighted by atomic mass is 9.99. The van der Waals surface area contributed by atoms with Crippen molar-refractivity contribution in [3.63, 3.8) is 0 Å². The molecule has 0 aliphatic carbocycles. The van der Waals surface area contributed by atoms with Crippen LogP contribution in [0.3, 0.4) is 0 Å². The first kappa shape index (κ1) is 17.0. The summed E-state index contributed by atoms with van der Waals surface area (Å²) in [6, 6.07) is 12.2. The standard InChI is InChI=1S/C17H19NO4S/c1-3-12(2)13-7-9-16(10-8-13)23(21,22)18-15-6-4-5-14(11-15)17(19)20/h4-12,18H,3H2,1-2H3,(H,19,20)/p-1/t12-/m0/s1. The predicted octanol–water partition coefficient (Wildman–Crippen LogP) is 2.36. The van der Waals surface area contributed by atoms with Crippen molar-refractivity contribution in [2.45, 2.75) is 31.1 Å². The molecule has 0 bridgehead atoms. The molecule has 23 heavy (non-hydrogen) atoms. The first-order valence-corrected chi connectivity index (χ1v) is 8.76. The van der Waals surface area contributed by atoms with Crippen molar-refractivity contribution in [1.29, 1.82) is 0 Å². The summed E-state index contributed by atoms with van der Waals surface area (Å²) < 4.78 is 27.1. The number of anilines is 1. The van der Waals surface area contributed by atoms with E-state index in [4.69, 9.17) is 0 Å². The molecule has 122 valence electrons. The van der Waals surface area contributed by atoms with E-state index in [-0.39, 0.29) is 16.1 Å². The zero-order valence-electron chi connectivity index (χ0n) is 12.9. The van der Waals surface area contributed by atoms with Crippen LogP contribution in [0.5, 0.6) is 0 Å². The molecule has 2 rings (SSSR count). The van der Waals surface area contributed by atoms with Crippen molar-refractivity contribution in [2.24, 2.45) is 0 Å². The highest BCUT2D eigenvalue weighted by Crippen LogP contribution is 2.22. The quantitative estimate of drug-likeness (QED) is 0.880. The minimum atomic E-state index is -3.77. The van der Waals surface area contributed by atoms with Gasteiger partial charge in [0.15, 0.2) is 0 Å². The second kappa shape index (κ2) is 6.83. The Morgan fingerprint density at radius 1 is 1.17 bits per heavy atom. The largest absolute Gasteiger partial charge is 0.545 e. The van der Waals surface area contributed by atoms with Gasteiger partial charge in [0.05, 0.1) is 10.9 Å². The van der Waals surface area contributed by atoms with Gasteiger partial charge in [-0.25, -0.2) is 8.42 Å². The fourth-order valence-electron chi connectivity index (χ4n) is 2.13. The third-order valence-electron chi connectivity index (χ3n) is 3.72. The van der Waals surface area contributed by atoms with Crippen molar-refractivity contribution in [3.8, 4) is 0 Å². The lowest BCUT2D eigenvalue weighted by molar-refractivity contribution is -0.255. The average Bonchev–Trinajstić information content (AvgIpc) is 2.54. The van der Waals surface area contributed by atoms with E-state index >= 15 is 0 Å². The molecule has 0 amide bonds. The van der Waals surface area contributed by atoms with E-state index in [1.807, 2.05) is 0 Å². The number of aromatic carboxylic acids is 1. The summed E-state index contributed by atoms with van der Waals surface area (Å²) in [6.45, 7) is 4.15. The normalized spacial score (nSPS) is 12.6. The molecule has 5 nitrogen and oxygen atoms in total. The Morgan fingerprint density at radius 2 is 1.83 bits per heavy atom. The number of carboxylic acids is 1. The number of hydrogen-bond acceptors (Lipinski definition) is 4. The number of hydrogen-bond donors (Lipinski definition) is 1. The highest BCUT2D eigenvalue weighted by molar-refractivity contribution is 7.92. The van der Waals surface area contributed by atoms with E-state index in [0.717, 1.165) is 12.0 Å². The molecule has 1 atom stereocenters. The van der Waals surface area contributed by atoms with Gasteiger partial charge in [0, 0.05) is 5.69 Å². The Morgan fingerprint density at radius 3 is 2.39 bits per heavy atom. The Bertz CT molecular complexity index is 798. The summed E-state index contributed by atoms with van der Waals surface area (Å²) in [5, 5.41) is 10.8. The van der Waals surface area contributed by atoms with Gasteiger partial charge in [0.25, 0.3) is 10.0 Å². The number of carboxylic acid groups (broad SMARTS) is 1. The highest BCUT2D eigenvalue weighted by Gasteiger charge is 2.15. The average molecular weight is 332 g/mol. The lowest BCUT2D eigenvalue weighted by Crippen LogP contribution is -2.22. The SMILES string of the molecule is CC[C@H](C)c1ccc(S(=O)(=O)Nc2cccc(C(=O)[O-])c2)cc1. The van der Waals surface area contributed by atoms with E-state index in [1.165, 1.54) is 24.3 Å². The third kappa shape index (κ3) is 4.10. The second-order valence-electron chi connectivity index (χ2n) is 5.35. The van der Waals surface area contributed by atoms with Gasteiger partial charge in [-0.1, -0.05) is 38.1 Å². The molecule has 0 aromatic heterocycles. The maximum atomic E-state index is 12.4. The number of carbonyl (C=O) groups is 1. The van der Waals surface area contributed by atoms with Gasteiger partial charge in [-0.3, -0.25) is 4.72 Å². The van der Waals surface area contributed by atoms with Gasteiger partial charge < -0.3 is 9.90 Å². The maximum absolute atomic E-state index is 12.4. The van der Waals surface area contributed by atoms with Crippen molar-refractivity contribution < 1.29 is 18.3 Å². The van der Waals surface area contributed by atoms with Crippen LogP contribution >= 0.6 is 0 Å². The summed E-state index contributed by atoms with van der Waals surface area (Å²) in [5.41, 5.74) is 1.17. The molecule has 0 saturated heterocycles. The second-order valence-corrected chi connectivity index (χ2v) is 7.03. The Labute approximate surface area is 136 Å². The molecule has 1 N–H and O–H groups in total. The molecule has 0 heterocycles. The number of carbonyl (C=O) groups excluding carboxylic acids is 1. The number of rotatable bonds is 6. The van der Waals surface area contributed by atoms with Crippen LogP contribution in [-0.4, -0.2) is 14.4 Å². The van der Waals surface area contributed by atoms with Crippen molar-refractivity contribution in [1.82, 2.24) is 0 Å². The molecule has 0 aliphatic heterocycles. The van der Waals surface area contributed by atoms with Crippen LogP contribution in [0, 0.1) is 0 Å². The van der Waals surface area contributed by atoms with Crippen LogP contribution in [0.25, 0.3) is 0 Å². The van der Waals surface area contributed by atoms with Crippen LogP contribution in [0.2, 0.25) is 0 Å². The number of benzene rings is 2. The van der Waals surface area contributed by atoms with Gasteiger partial charge in [0.2, 0.25) is 0 Å². The Hall–Kier alpha value is -2.34. The van der Waals surface area contributed by atoms with E-state index in [0.29, 0.717) is 5.92 Å². The zero-order valence-corrected chi connectivity index (χ0v) is 13.8. The van der Waals surface area contributed by atoms with Gasteiger partial charge >= 0.3 is 0 Å². The smallest absolute Gasteiger partial charge is 0.261 e. The summed E-state index contributed by atoms with van der Waals surface area (Å²) in [7, 11) is -3.77. The fourth-order valence-corrected chi connectivity index (χ4v) is 3.18. The minimum absolute atomic E-state index is 0.0858. The predicted molar refractivity (Wildman–Crippen MR) is 86.7 cm³/mol. The van der Waals surface area contributed by atoms with E-state index in [2.05, 4.69) is 18.6 Å². The van der Waals surface area contributed by atoms with Gasteiger partial charge in [-0.15, -0.1) is 0 Å². The van der Waals surface area contributed by atoms with Crippen LogP contribution in [0.1, 0.15) is 42.1 Å². The topological polar surface area (TPSA) is 86.3 Å². The van der Waals surface area contributed by atoms with Crippen LogP contribution in [-0.2, 0) is 10.0 Å². The molecule has 0 unspecified atom stereocenters. The summed E-state index contributed by atoms with van der Waals surface area (Å²) in [4.78, 5) is 11.0. The molecule has 0 radical (unpaired) electrons. The zero-order chi connectivity index (χ0) is 17.0. The van der Waals surface area contributed by atoms with Gasteiger partial charge in [0.1, 0.15) is 0 Å². The number of sulfonamides is 1. The lowest BCUT2D eigenvalue weighted by Gasteiger charge is -2.12. The third-order valence-corrected chi connectivity index (χ3v) is 5.12. The molecular formula is C17H18NO4S-. The van der Waals surface area contributed by atoms with Crippen LogP contribution < -0.4 is 9.83 Å². The van der Waals surface area contributed by atoms with Crippen molar-refractivity contribution >= 4 is 21.7 Å². The van der Waals surface area contributed by atoms with E-state index in [9.17, 15) is 18.3 Å². The summed E-state index contributed by atoms with van der Waals surface area (Å²) in [6.07, 6.45) is 0.973. The Balaban J connectivity index is 2.25. The highest BCUT2D eigenvalue weighted by atomic mass is 32.2. The molecular weight excluding hydrogens is 314 g/mol. The van der Waals surface area contributed by atoms with Crippen LogP contribution in [0.15, 0.2) is 53.4 Å². The van der Waals surface area contributed by atoms with E-state index in [1.54, 1.807) is 24.3 Å². The summed E-state index contributed by atoms with van der Waals surface area (Å²) >= 11 is 0. The number of nitrogens with one attached hydrogen (secondary N) is 1. The van der Waals surface area contributed by atoms with E-state index < -0.39 is 16.0 Å².